The van der Waals surface area contributed by atoms with E-state index in [2.05, 4.69) is 19.9 Å². The minimum atomic E-state index is -3.30. The normalized spacial score (nSPS) is 14.6. The van der Waals surface area contributed by atoms with Gasteiger partial charge in [-0.25, -0.2) is 13.4 Å². The maximum atomic E-state index is 12.6. The van der Waals surface area contributed by atoms with E-state index in [1.807, 2.05) is 65.8 Å². The second-order valence-corrected chi connectivity index (χ2v) is 9.51. The summed E-state index contributed by atoms with van der Waals surface area (Å²) in [4.78, 5) is 17.7. The van der Waals surface area contributed by atoms with Gasteiger partial charge in [0.05, 0.1) is 46.6 Å². The molecule has 0 bridgehead atoms. The molecule has 0 spiro atoms. The van der Waals surface area contributed by atoms with Gasteiger partial charge >= 0.3 is 0 Å². The van der Waals surface area contributed by atoms with Crippen molar-refractivity contribution in [3.05, 3.63) is 97.2 Å². The van der Waals surface area contributed by atoms with Gasteiger partial charge in [-0.2, -0.15) is 0 Å². The molecule has 8 heteroatoms. The van der Waals surface area contributed by atoms with Crippen LogP contribution in [0.4, 0.5) is 22.9 Å². The van der Waals surface area contributed by atoms with Crippen LogP contribution in [0, 0.1) is 0 Å². The second kappa shape index (κ2) is 8.39. The molecule has 4 aromatic rings. The molecule has 0 N–H and O–H groups in total. The number of hydrogen-bond donors (Lipinski definition) is 0. The van der Waals surface area contributed by atoms with Crippen molar-refractivity contribution in [1.29, 1.82) is 0 Å². The quantitative estimate of drug-likeness (QED) is 0.459. The molecule has 0 saturated heterocycles. The summed E-state index contributed by atoms with van der Waals surface area (Å²) >= 11 is 0. The van der Waals surface area contributed by atoms with Crippen LogP contribution in [0.1, 0.15) is 5.56 Å². The first-order chi connectivity index (χ1) is 15.6. The standard InChI is InChI=1S/C24H21N5O2S/c30-32(31)15-14-28(22-9-1-2-10-23(22)32)24-19(6-3-13-27-24)18-29(20-7-4-11-25-16-20)21-8-5-12-26-17-21/h1-13,16-17H,14-15,18H2. The molecule has 0 aliphatic carbocycles. The van der Waals surface area contributed by atoms with Crippen LogP contribution >= 0.6 is 0 Å². The fourth-order valence-electron chi connectivity index (χ4n) is 3.93. The molecule has 0 saturated carbocycles. The monoisotopic (exact) mass is 443 g/mol. The third-order valence-electron chi connectivity index (χ3n) is 5.44. The number of anilines is 4. The molecule has 0 radical (unpaired) electrons. The first-order valence-electron chi connectivity index (χ1n) is 10.2. The number of para-hydroxylation sites is 1. The van der Waals surface area contributed by atoms with E-state index >= 15 is 0 Å². The lowest BCUT2D eigenvalue weighted by Crippen LogP contribution is -2.33. The number of benzene rings is 1. The van der Waals surface area contributed by atoms with E-state index in [1.54, 1.807) is 30.7 Å². The van der Waals surface area contributed by atoms with E-state index in [1.165, 1.54) is 0 Å². The molecule has 1 aliphatic rings. The Morgan fingerprint density at radius 2 is 1.53 bits per heavy atom. The highest BCUT2D eigenvalue weighted by Crippen LogP contribution is 2.37. The molecule has 32 heavy (non-hydrogen) atoms. The second-order valence-electron chi connectivity index (χ2n) is 7.43. The highest BCUT2D eigenvalue weighted by molar-refractivity contribution is 7.91. The Labute approximate surface area is 186 Å². The maximum Gasteiger partial charge on any atom is 0.182 e. The summed E-state index contributed by atoms with van der Waals surface area (Å²) in [5.74, 6) is 0.794. The number of aromatic nitrogens is 3. The smallest absolute Gasteiger partial charge is 0.182 e. The zero-order valence-corrected chi connectivity index (χ0v) is 18.1. The van der Waals surface area contributed by atoms with Gasteiger partial charge < -0.3 is 9.80 Å². The lowest BCUT2D eigenvalue weighted by Gasteiger charge is -2.32. The average Bonchev–Trinajstić information content (AvgIpc) is 2.84. The number of hydrogen-bond acceptors (Lipinski definition) is 7. The largest absolute Gasteiger partial charge is 0.334 e. The third-order valence-corrected chi connectivity index (χ3v) is 7.18. The molecule has 0 unspecified atom stereocenters. The molecular formula is C24H21N5O2S. The lowest BCUT2D eigenvalue weighted by molar-refractivity contribution is 0.592. The molecular weight excluding hydrogens is 422 g/mol. The molecule has 5 rings (SSSR count). The number of rotatable bonds is 5. The van der Waals surface area contributed by atoms with E-state index in [-0.39, 0.29) is 5.75 Å². The molecule has 1 aromatic carbocycles. The van der Waals surface area contributed by atoms with Gasteiger partial charge in [0.15, 0.2) is 9.84 Å². The molecule has 4 heterocycles. The van der Waals surface area contributed by atoms with E-state index in [4.69, 9.17) is 0 Å². The molecule has 0 fully saturated rings. The molecule has 1 aliphatic heterocycles. The van der Waals surface area contributed by atoms with Crippen molar-refractivity contribution >= 4 is 32.7 Å². The van der Waals surface area contributed by atoms with Crippen molar-refractivity contribution in [3.8, 4) is 0 Å². The Morgan fingerprint density at radius 3 is 2.22 bits per heavy atom. The van der Waals surface area contributed by atoms with Crippen molar-refractivity contribution in [2.45, 2.75) is 11.4 Å². The Morgan fingerprint density at radius 1 is 0.844 bits per heavy atom. The summed E-state index contributed by atoms with van der Waals surface area (Å²) in [6.07, 6.45) is 8.84. The van der Waals surface area contributed by atoms with Gasteiger partial charge in [0.25, 0.3) is 0 Å². The van der Waals surface area contributed by atoms with Crippen LogP contribution in [-0.4, -0.2) is 35.7 Å². The minimum Gasteiger partial charge on any atom is -0.334 e. The third kappa shape index (κ3) is 3.80. The van der Waals surface area contributed by atoms with Crippen molar-refractivity contribution in [2.24, 2.45) is 0 Å². The predicted molar refractivity (Wildman–Crippen MR) is 124 cm³/mol. The fourth-order valence-corrected chi connectivity index (χ4v) is 5.36. The topological polar surface area (TPSA) is 79.3 Å². The van der Waals surface area contributed by atoms with E-state index in [0.29, 0.717) is 23.7 Å². The predicted octanol–water partition coefficient (Wildman–Crippen LogP) is 4.14. The van der Waals surface area contributed by atoms with Crippen LogP contribution in [0.3, 0.4) is 0 Å². The van der Waals surface area contributed by atoms with Crippen LogP contribution in [0.15, 0.2) is 96.5 Å². The van der Waals surface area contributed by atoms with Gasteiger partial charge in [-0.15, -0.1) is 0 Å². The summed E-state index contributed by atoms with van der Waals surface area (Å²) in [6, 6.07) is 18.8. The van der Waals surface area contributed by atoms with Crippen LogP contribution in [0.5, 0.6) is 0 Å². The van der Waals surface area contributed by atoms with E-state index in [9.17, 15) is 8.42 Å². The molecule has 0 amide bonds. The van der Waals surface area contributed by atoms with Crippen molar-refractivity contribution in [3.63, 3.8) is 0 Å². The summed E-state index contributed by atoms with van der Waals surface area (Å²) in [6.45, 7) is 0.870. The summed E-state index contributed by atoms with van der Waals surface area (Å²) in [5, 5.41) is 0. The minimum absolute atomic E-state index is 0.0505. The van der Waals surface area contributed by atoms with Crippen LogP contribution < -0.4 is 9.80 Å². The number of fused-ring (bicyclic) bond motifs is 1. The Bertz CT molecular complexity index is 1290. The van der Waals surface area contributed by atoms with Crippen molar-refractivity contribution in [2.75, 3.05) is 22.1 Å². The van der Waals surface area contributed by atoms with Crippen LogP contribution in [0.25, 0.3) is 0 Å². The molecule has 7 nitrogen and oxygen atoms in total. The van der Waals surface area contributed by atoms with E-state index < -0.39 is 9.84 Å². The summed E-state index contributed by atoms with van der Waals surface area (Å²) in [7, 11) is -3.30. The van der Waals surface area contributed by atoms with Crippen molar-refractivity contribution < 1.29 is 8.42 Å². The number of sulfone groups is 1. The lowest BCUT2D eigenvalue weighted by atomic mass is 10.1. The highest BCUT2D eigenvalue weighted by atomic mass is 32.2. The maximum absolute atomic E-state index is 12.6. The average molecular weight is 444 g/mol. The summed E-state index contributed by atoms with van der Waals surface area (Å²) < 4.78 is 25.2. The van der Waals surface area contributed by atoms with Crippen molar-refractivity contribution in [1.82, 2.24) is 15.0 Å². The van der Waals surface area contributed by atoms with Gasteiger partial charge in [-0.3, -0.25) is 9.97 Å². The fraction of sp³-hybridized carbons (Fsp3) is 0.125. The Hall–Kier alpha value is -3.78. The van der Waals surface area contributed by atoms with E-state index in [0.717, 1.165) is 22.8 Å². The summed E-state index contributed by atoms with van der Waals surface area (Å²) in [5.41, 5.74) is 3.48. The van der Waals surface area contributed by atoms with Crippen LogP contribution in [-0.2, 0) is 16.4 Å². The van der Waals surface area contributed by atoms with Gasteiger partial charge in [0.2, 0.25) is 0 Å². The first kappa shape index (κ1) is 20.1. The van der Waals surface area contributed by atoms with Gasteiger partial charge in [0.1, 0.15) is 5.82 Å². The van der Waals surface area contributed by atoms with Gasteiger partial charge in [-0.05, 0) is 42.5 Å². The Balaban J connectivity index is 1.58. The van der Waals surface area contributed by atoms with Crippen LogP contribution in [0.2, 0.25) is 0 Å². The SMILES string of the molecule is O=S1(=O)CCN(c2ncccc2CN(c2cccnc2)c2cccnc2)c2ccccc21. The number of nitrogens with zero attached hydrogens (tertiary/aromatic N) is 5. The van der Waals surface area contributed by atoms with Gasteiger partial charge in [-0.1, -0.05) is 18.2 Å². The molecule has 3 aromatic heterocycles. The number of pyridine rings is 3. The van der Waals surface area contributed by atoms with Gasteiger partial charge in [0, 0.05) is 30.7 Å². The Kier molecular flexibility index (Phi) is 5.28. The zero-order valence-electron chi connectivity index (χ0n) is 17.2. The zero-order chi connectivity index (χ0) is 22.0. The molecule has 160 valence electrons. The first-order valence-corrected chi connectivity index (χ1v) is 11.9. The molecule has 0 atom stereocenters. The highest BCUT2D eigenvalue weighted by Gasteiger charge is 2.30.